The molecule has 0 aromatic heterocycles. The summed E-state index contributed by atoms with van der Waals surface area (Å²) in [6.45, 7) is 4.55. The highest BCUT2D eigenvalue weighted by atomic mass is 19.4. The van der Waals surface area contributed by atoms with Crippen LogP contribution < -0.4 is 17.2 Å². The van der Waals surface area contributed by atoms with E-state index in [9.17, 15) is 52.7 Å². The Hall–Kier alpha value is -3.81. The summed E-state index contributed by atoms with van der Waals surface area (Å²) in [4.78, 5) is 0. The van der Waals surface area contributed by atoms with E-state index in [0.29, 0.717) is 29.8 Å². The number of alkyl halides is 12. The lowest BCUT2D eigenvalue weighted by Crippen LogP contribution is -2.14. The van der Waals surface area contributed by atoms with E-state index in [0.717, 1.165) is 5.56 Å². The van der Waals surface area contributed by atoms with E-state index in [-0.39, 0.29) is 29.3 Å². The van der Waals surface area contributed by atoms with Crippen LogP contribution in [0.1, 0.15) is 83.4 Å². The lowest BCUT2D eigenvalue weighted by Gasteiger charge is -2.15. The Morgan fingerprint density at radius 1 is 0.467 bits per heavy atom. The number of nitrogens with zero attached hydrogens (tertiary/aromatic N) is 1. The van der Waals surface area contributed by atoms with Crippen LogP contribution in [0, 0.1) is 11.3 Å². The van der Waals surface area contributed by atoms with E-state index in [1.54, 1.807) is 12.1 Å². The van der Waals surface area contributed by atoms with E-state index in [1.807, 2.05) is 19.1 Å². The molecule has 0 fully saturated rings. The van der Waals surface area contributed by atoms with Crippen molar-refractivity contribution in [3.63, 3.8) is 0 Å². The molecule has 4 nitrogen and oxygen atoms in total. The number of hydrogen-bond acceptors (Lipinski definition) is 4. The van der Waals surface area contributed by atoms with Gasteiger partial charge in [-0.2, -0.15) is 57.9 Å². The molecule has 0 aliphatic heterocycles. The fraction of sp³-hybridized carbons (Fsp3) is 0.345. The molecule has 0 spiro atoms. The number of nitrogens with two attached hydrogens (primary N) is 3. The predicted octanol–water partition coefficient (Wildman–Crippen LogP) is 9.07. The minimum Gasteiger partial charge on any atom is -0.324 e. The molecule has 0 aliphatic rings. The predicted molar refractivity (Wildman–Crippen MR) is 142 cm³/mol. The van der Waals surface area contributed by atoms with Gasteiger partial charge in [-0.05, 0) is 86.0 Å². The summed E-state index contributed by atoms with van der Waals surface area (Å²) in [7, 11) is 0. The first kappa shape index (κ1) is 39.2. The van der Waals surface area contributed by atoms with Gasteiger partial charge in [-0.15, -0.1) is 0 Å². The second-order valence-corrected chi connectivity index (χ2v) is 9.78. The molecule has 45 heavy (non-hydrogen) atoms. The van der Waals surface area contributed by atoms with Crippen LogP contribution in [0.2, 0.25) is 0 Å². The molecule has 0 amide bonds. The van der Waals surface area contributed by atoms with Gasteiger partial charge in [-0.3, -0.25) is 0 Å². The van der Waals surface area contributed by atoms with Gasteiger partial charge in [0.05, 0.1) is 33.9 Å². The summed E-state index contributed by atoms with van der Waals surface area (Å²) < 4.78 is 149. The van der Waals surface area contributed by atoms with Crippen molar-refractivity contribution >= 4 is 0 Å². The fourth-order valence-corrected chi connectivity index (χ4v) is 3.34. The van der Waals surface area contributed by atoms with Crippen LogP contribution in [-0.4, -0.2) is 0 Å². The summed E-state index contributed by atoms with van der Waals surface area (Å²) in [5, 5.41) is 8.49. The summed E-state index contributed by atoms with van der Waals surface area (Å²) in [6, 6.07) is 10.2. The molecule has 16 heteroatoms. The van der Waals surface area contributed by atoms with Gasteiger partial charge in [0, 0.05) is 18.1 Å². The summed E-state index contributed by atoms with van der Waals surface area (Å²) in [6.07, 6.45) is -19.3. The molecular formula is C29H28F12N4. The van der Waals surface area contributed by atoms with Crippen LogP contribution in [0.25, 0.3) is 0 Å². The molecule has 3 rings (SSSR count). The van der Waals surface area contributed by atoms with Gasteiger partial charge >= 0.3 is 24.7 Å². The van der Waals surface area contributed by atoms with E-state index < -0.39 is 59.0 Å². The Bertz CT molecular complexity index is 1280. The Balaban J connectivity index is 0.000000346. The maximum Gasteiger partial charge on any atom is 0.416 e. The van der Waals surface area contributed by atoms with E-state index >= 15 is 0 Å². The molecule has 0 unspecified atom stereocenters. The topological polar surface area (TPSA) is 102 Å². The molecule has 3 aromatic rings. The van der Waals surface area contributed by atoms with Crippen LogP contribution in [0.4, 0.5) is 52.7 Å². The maximum atomic E-state index is 12.4. The Labute approximate surface area is 250 Å². The molecular weight excluding hydrogens is 632 g/mol. The third-order valence-corrected chi connectivity index (χ3v) is 5.84. The highest BCUT2D eigenvalue weighted by Crippen LogP contribution is 2.38. The van der Waals surface area contributed by atoms with E-state index in [4.69, 9.17) is 22.5 Å². The first-order valence-corrected chi connectivity index (χ1v) is 12.6. The lowest BCUT2D eigenvalue weighted by molar-refractivity contribution is -0.144. The number of rotatable bonds is 3. The van der Waals surface area contributed by atoms with Crippen molar-refractivity contribution in [2.75, 3.05) is 0 Å². The van der Waals surface area contributed by atoms with Crippen molar-refractivity contribution in [2.45, 2.75) is 63.6 Å². The zero-order valence-corrected chi connectivity index (χ0v) is 23.7. The monoisotopic (exact) mass is 660 g/mol. The molecule has 0 radical (unpaired) electrons. The molecule has 0 saturated heterocycles. The average Bonchev–Trinajstić information content (AvgIpc) is 2.91. The number of benzene rings is 3. The standard InChI is InChI=1S/2C10H9F6N.C9H10N2/c2*1-5(17)6-2-7(9(11,12)13)4-8(3-6)10(14,15)16;1-7(11)9-4-2-8(6-10)3-5-9/h2*2-5H,17H2,1H3;2-5,7H,11H2,1H3/t2*5-;7-/m000/s1. The third kappa shape index (κ3) is 12.6. The lowest BCUT2D eigenvalue weighted by atomic mass is 10.0. The highest BCUT2D eigenvalue weighted by Gasteiger charge is 2.38. The van der Waals surface area contributed by atoms with Crippen LogP contribution in [0.3, 0.4) is 0 Å². The zero-order valence-electron chi connectivity index (χ0n) is 23.7. The third-order valence-electron chi connectivity index (χ3n) is 5.84. The fourth-order valence-electron chi connectivity index (χ4n) is 3.34. The van der Waals surface area contributed by atoms with Crippen LogP contribution in [0.5, 0.6) is 0 Å². The van der Waals surface area contributed by atoms with Crippen molar-refractivity contribution in [3.8, 4) is 6.07 Å². The van der Waals surface area contributed by atoms with Gasteiger partial charge in [-0.1, -0.05) is 12.1 Å². The van der Waals surface area contributed by atoms with Crippen molar-refractivity contribution in [1.82, 2.24) is 0 Å². The largest absolute Gasteiger partial charge is 0.416 e. The maximum absolute atomic E-state index is 12.4. The summed E-state index contributed by atoms with van der Waals surface area (Å²) >= 11 is 0. The van der Waals surface area contributed by atoms with Crippen molar-refractivity contribution < 1.29 is 52.7 Å². The molecule has 0 heterocycles. The zero-order chi connectivity index (χ0) is 35.1. The highest BCUT2D eigenvalue weighted by molar-refractivity contribution is 5.36. The Kier molecular flexibility index (Phi) is 13.1. The van der Waals surface area contributed by atoms with Gasteiger partial charge in [0.25, 0.3) is 0 Å². The molecule has 3 aromatic carbocycles. The number of hydrogen-bond donors (Lipinski definition) is 3. The minimum absolute atomic E-state index is 0.0442. The van der Waals surface area contributed by atoms with Gasteiger partial charge in [0.1, 0.15) is 0 Å². The molecule has 0 saturated carbocycles. The second-order valence-electron chi connectivity index (χ2n) is 9.78. The number of nitriles is 1. The van der Waals surface area contributed by atoms with Crippen molar-refractivity contribution in [2.24, 2.45) is 17.2 Å². The minimum atomic E-state index is -4.83. The van der Waals surface area contributed by atoms with Gasteiger partial charge in [0.15, 0.2) is 0 Å². The summed E-state index contributed by atoms with van der Waals surface area (Å²) in [5.74, 6) is 0. The van der Waals surface area contributed by atoms with E-state index in [2.05, 4.69) is 6.07 Å². The normalized spacial score (nSPS) is 14.2. The average molecular weight is 661 g/mol. The Morgan fingerprint density at radius 2 is 0.711 bits per heavy atom. The summed E-state index contributed by atoms with van der Waals surface area (Å²) in [5.41, 5.74) is 12.2. The molecule has 3 atom stereocenters. The molecule has 248 valence electrons. The molecule has 6 N–H and O–H groups in total. The smallest absolute Gasteiger partial charge is 0.324 e. The Morgan fingerprint density at radius 3 is 0.889 bits per heavy atom. The second kappa shape index (κ2) is 15.0. The quantitative estimate of drug-likeness (QED) is 0.244. The van der Waals surface area contributed by atoms with Crippen molar-refractivity contribution in [1.29, 1.82) is 5.26 Å². The van der Waals surface area contributed by atoms with Crippen LogP contribution in [-0.2, 0) is 24.7 Å². The van der Waals surface area contributed by atoms with E-state index in [1.165, 1.54) is 13.8 Å². The van der Waals surface area contributed by atoms with Crippen molar-refractivity contribution in [3.05, 3.63) is 105 Å². The van der Waals surface area contributed by atoms with Gasteiger partial charge in [-0.25, -0.2) is 0 Å². The SMILES string of the molecule is C[C@H](N)c1cc(C(F)(F)F)cc(C(F)(F)F)c1.C[C@H](N)c1cc(C(F)(F)F)cc(C(F)(F)F)c1.C[C@H](N)c1ccc(C#N)cc1. The van der Waals surface area contributed by atoms with Crippen LogP contribution >= 0.6 is 0 Å². The first-order valence-electron chi connectivity index (χ1n) is 12.6. The molecule has 0 bridgehead atoms. The van der Waals surface area contributed by atoms with Gasteiger partial charge in [0.2, 0.25) is 0 Å². The number of halogens is 12. The van der Waals surface area contributed by atoms with Gasteiger partial charge < -0.3 is 17.2 Å². The van der Waals surface area contributed by atoms with Crippen LogP contribution in [0.15, 0.2) is 60.7 Å². The first-order chi connectivity index (χ1) is 20.3. The molecule has 0 aliphatic carbocycles.